The molecular formula is C20H32N4O. The van der Waals surface area contributed by atoms with Crippen LogP contribution in [0.3, 0.4) is 0 Å². The third kappa shape index (κ3) is 5.11. The first kappa shape index (κ1) is 18.1. The number of benzene rings is 1. The fourth-order valence-corrected chi connectivity index (χ4v) is 4.00. The van der Waals surface area contributed by atoms with E-state index in [0.717, 1.165) is 18.8 Å². The highest BCUT2D eigenvalue weighted by Gasteiger charge is 2.23. The smallest absolute Gasteiger partial charge is 0.188 e. The molecule has 1 aliphatic carbocycles. The van der Waals surface area contributed by atoms with Gasteiger partial charge in [0.15, 0.2) is 5.96 Å². The van der Waals surface area contributed by atoms with Crippen molar-refractivity contribution in [3.05, 3.63) is 29.8 Å². The summed E-state index contributed by atoms with van der Waals surface area (Å²) < 4.78 is 5.29. The molecule has 138 valence electrons. The molecule has 0 bridgehead atoms. The highest BCUT2D eigenvalue weighted by molar-refractivity contribution is 5.78. The molecule has 1 unspecified atom stereocenters. The van der Waals surface area contributed by atoms with Gasteiger partial charge >= 0.3 is 0 Å². The van der Waals surface area contributed by atoms with Crippen molar-refractivity contribution in [3.63, 3.8) is 0 Å². The second-order valence-electron chi connectivity index (χ2n) is 7.24. The Morgan fingerprint density at radius 3 is 2.48 bits per heavy atom. The molecule has 1 heterocycles. The molecule has 3 rings (SSSR count). The summed E-state index contributed by atoms with van der Waals surface area (Å²) in [5.74, 6) is 1.50. The molecule has 0 spiro atoms. The number of ether oxygens (including phenoxy) is 1. The molecular weight excluding hydrogens is 312 g/mol. The molecule has 1 aromatic rings. The maximum atomic E-state index is 6.18. The normalized spacial score (nSPS) is 21.2. The Labute approximate surface area is 151 Å². The SMILES string of the molecule is COc1ccc(C(CN=C(N)NC2CCCCC2)N2CCCC2)cc1. The molecule has 3 N–H and O–H groups in total. The molecule has 1 aromatic carbocycles. The number of rotatable bonds is 6. The van der Waals surface area contributed by atoms with E-state index >= 15 is 0 Å². The zero-order valence-electron chi connectivity index (χ0n) is 15.4. The number of nitrogens with two attached hydrogens (primary N) is 1. The molecule has 25 heavy (non-hydrogen) atoms. The van der Waals surface area contributed by atoms with Gasteiger partial charge in [-0.25, -0.2) is 0 Å². The Balaban J connectivity index is 1.65. The van der Waals surface area contributed by atoms with Crippen LogP contribution in [0.5, 0.6) is 5.75 Å². The van der Waals surface area contributed by atoms with Crippen molar-refractivity contribution < 1.29 is 4.74 Å². The molecule has 1 saturated heterocycles. The van der Waals surface area contributed by atoms with E-state index in [0.29, 0.717) is 24.6 Å². The van der Waals surface area contributed by atoms with E-state index in [2.05, 4.69) is 22.3 Å². The quantitative estimate of drug-likeness (QED) is 0.615. The van der Waals surface area contributed by atoms with Gasteiger partial charge in [-0.05, 0) is 56.5 Å². The van der Waals surface area contributed by atoms with Crippen LogP contribution in [0.4, 0.5) is 0 Å². The lowest BCUT2D eigenvalue weighted by atomic mass is 9.96. The number of aliphatic imine (C=N–C) groups is 1. The first-order valence-electron chi connectivity index (χ1n) is 9.70. The Kier molecular flexibility index (Phi) is 6.56. The first-order chi connectivity index (χ1) is 12.3. The standard InChI is InChI=1S/C20H32N4O/c1-25-18-11-9-16(10-12-18)19(24-13-5-6-14-24)15-22-20(21)23-17-7-3-2-4-8-17/h9-12,17,19H,2-8,13-15H2,1H3,(H3,21,22,23). The Morgan fingerprint density at radius 2 is 1.84 bits per heavy atom. The average Bonchev–Trinajstić information content (AvgIpc) is 3.18. The summed E-state index contributed by atoms with van der Waals surface area (Å²) in [6.07, 6.45) is 8.91. The van der Waals surface area contributed by atoms with Crippen LogP contribution < -0.4 is 15.8 Å². The van der Waals surface area contributed by atoms with Crippen molar-refractivity contribution in [1.82, 2.24) is 10.2 Å². The summed E-state index contributed by atoms with van der Waals surface area (Å²) >= 11 is 0. The van der Waals surface area contributed by atoms with Crippen LogP contribution in [0.2, 0.25) is 0 Å². The van der Waals surface area contributed by atoms with Crippen LogP contribution in [-0.2, 0) is 0 Å². The summed E-state index contributed by atoms with van der Waals surface area (Å²) in [6.45, 7) is 2.99. The van der Waals surface area contributed by atoms with Crippen molar-refractivity contribution in [2.45, 2.75) is 57.0 Å². The Bertz CT molecular complexity index is 545. The van der Waals surface area contributed by atoms with Crippen LogP contribution in [0.1, 0.15) is 56.6 Å². The van der Waals surface area contributed by atoms with E-state index in [-0.39, 0.29) is 0 Å². The van der Waals surface area contributed by atoms with Crippen LogP contribution in [0.15, 0.2) is 29.3 Å². The third-order valence-electron chi connectivity index (χ3n) is 5.47. The van der Waals surface area contributed by atoms with E-state index in [1.165, 1.54) is 50.5 Å². The second-order valence-corrected chi connectivity index (χ2v) is 7.24. The van der Waals surface area contributed by atoms with Gasteiger partial charge in [0.1, 0.15) is 5.75 Å². The molecule has 1 atom stereocenters. The van der Waals surface area contributed by atoms with Crippen LogP contribution >= 0.6 is 0 Å². The van der Waals surface area contributed by atoms with Crippen molar-refractivity contribution in [2.24, 2.45) is 10.7 Å². The van der Waals surface area contributed by atoms with E-state index in [1.54, 1.807) is 7.11 Å². The Hall–Kier alpha value is -1.75. The molecule has 0 aromatic heterocycles. The lowest BCUT2D eigenvalue weighted by molar-refractivity contribution is 0.251. The lowest BCUT2D eigenvalue weighted by Gasteiger charge is -2.27. The van der Waals surface area contributed by atoms with Gasteiger partial charge in [0.05, 0.1) is 19.7 Å². The number of hydrogen-bond donors (Lipinski definition) is 2. The van der Waals surface area contributed by atoms with Crippen molar-refractivity contribution >= 4 is 5.96 Å². The number of likely N-dealkylation sites (tertiary alicyclic amines) is 1. The largest absolute Gasteiger partial charge is 0.497 e. The number of hydrogen-bond acceptors (Lipinski definition) is 3. The number of nitrogens with zero attached hydrogens (tertiary/aromatic N) is 2. The highest BCUT2D eigenvalue weighted by atomic mass is 16.5. The summed E-state index contributed by atoms with van der Waals surface area (Å²) in [4.78, 5) is 7.22. The minimum absolute atomic E-state index is 0.292. The van der Waals surface area contributed by atoms with Gasteiger partial charge < -0.3 is 15.8 Å². The maximum absolute atomic E-state index is 6.18. The molecule has 5 nitrogen and oxygen atoms in total. The monoisotopic (exact) mass is 344 g/mol. The molecule has 1 aliphatic heterocycles. The van der Waals surface area contributed by atoms with E-state index in [9.17, 15) is 0 Å². The number of guanidine groups is 1. The molecule has 1 saturated carbocycles. The van der Waals surface area contributed by atoms with E-state index in [4.69, 9.17) is 15.5 Å². The van der Waals surface area contributed by atoms with Gasteiger partial charge in [-0.1, -0.05) is 31.4 Å². The zero-order valence-corrected chi connectivity index (χ0v) is 15.4. The molecule has 0 amide bonds. The van der Waals surface area contributed by atoms with Crippen molar-refractivity contribution in [3.8, 4) is 5.75 Å². The van der Waals surface area contributed by atoms with Crippen molar-refractivity contribution in [2.75, 3.05) is 26.7 Å². The van der Waals surface area contributed by atoms with Gasteiger partial charge in [0, 0.05) is 6.04 Å². The highest BCUT2D eigenvalue weighted by Crippen LogP contribution is 2.27. The summed E-state index contributed by atoms with van der Waals surface area (Å²) in [6, 6.07) is 9.17. The topological polar surface area (TPSA) is 62.9 Å². The molecule has 2 aliphatic rings. The van der Waals surface area contributed by atoms with E-state index in [1.807, 2.05) is 12.1 Å². The predicted octanol–water partition coefficient (Wildman–Crippen LogP) is 3.07. The maximum Gasteiger partial charge on any atom is 0.188 e. The zero-order chi connectivity index (χ0) is 17.5. The van der Waals surface area contributed by atoms with Gasteiger partial charge in [-0.2, -0.15) is 0 Å². The number of nitrogens with one attached hydrogen (secondary N) is 1. The van der Waals surface area contributed by atoms with E-state index < -0.39 is 0 Å². The fraction of sp³-hybridized carbons (Fsp3) is 0.650. The minimum Gasteiger partial charge on any atom is -0.497 e. The van der Waals surface area contributed by atoms with Crippen molar-refractivity contribution in [1.29, 1.82) is 0 Å². The van der Waals surface area contributed by atoms with Crippen LogP contribution in [0, 0.1) is 0 Å². The summed E-state index contributed by atoms with van der Waals surface area (Å²) in [5.41, 5.74) is 7.46. The van der Waals surface area contributed by atoms with Crippen LogP contribution in [0.25, 0.3) is 0 Å². The summed E-state index contributed by atoms with van der Waals surface area (Å²) in [5, 5.41) is 3.42. The molecule has 0 radical (unpaired) electrons. The first-order valence-corrected chi connectivity index (χ1v) is 9.70. The Morgan fingerprint density at radius 1 is 1.16 bits per heavy atom. The van der Waals surface area contributed by atoms with Gasteiger partial charge in [0.25, 0.3) is 0 Å². The van der Waals surface area contributed by atoms with Crippen LogP contribution in [-0.4, -0.2) is 43.6 Å². The third-order valence-corrected chi connectivity index (χ3v) is 5.47. The minimum atomic E-state index is 0.292. The van der Waals surface area contributed by atoms with Gasteiger partial charge in [-0.3, -0.25) is 9.89 Å². The summed E-state index contributed by atoms with van der Waals surface area (Å²) in [7, 11) is 1.70. The average molecular weight is 345 g/mol. The lowest BCUT2D eigenvalue weighted by Crippen LogP contribution is -2.41. The van der Waals surface area contributed by atoms with Gasteiger partial charge in [0.2, 0.25) is 0 Å². The molecule has 2 fully saturated rings. The predicted molar refractivity (Wildman–Crippen MR) is 103 cm³/mol. The fourth-order valence-electron chi connectivity index (χ4n) is 4.00. The number of methoxy groups -OCH3 is 1. The van der Waals surface area contributed by atoms with Gasteiger partial charge in [-0.15, -0.1) is 0 Å². The second kappa shape index (κ2) is 9.09. The molecule has 5 heteroatoms.